The summed E-state index contributed by atoms with van der Waals surface area (Å²) in [6.45, 7) is 4.41. The minimum absolute atomic E-state index is 0.000547. The molecule has 2 aromatic heterocycles. The van der Waals surface area contributed by atoms with Crippen LogP contribution in [-0.4, -0.2) is 67.6 Å². The Morgan fingerprint density at radius 3 is 2.63 bits per heavy atom. The van der Waals surface area contributed by atoms with Crippen molar-refractivity contribution < 1.29 is 14.3 Å². The van der Waals surface area contributed by atoms with Crippen LogP contribution in [0.5, 0.6) is 5.75 Å². The lowest BCUT2D eigenvalue weighted by atomic mass is 10.1. The Hall–Kier alpha value is -4.21. The Bertz CT molecular complexity index is 1660. The maximum atomic E-state index is 14.1. The SMILES string of the molecule is CN1CCC(NC(=O)c2cc3c(s2)-c2ccccc2N(C(=O)c2cccc(N4CCOc5ccccc5C4)n2)CC3)CC1. The van der Waals surface area contributed by atoms with Crippen LogP contribution in [0.3, 0.4) is 0 Å². The molecule has 220 valence electrons. The maximum absolute atomic E-state index is 14.1. The number of nitrogens with zero attached hydrogens (tertiary/aromatic N) is 4. The molecule has 9 heteroatoms. The highest BCUT2D eigenvalue weighted by Crippen LogP contribution is 2.42. The van der Waals surface area contributed by atoms with Gasteiger partial charge in [-0.15, -0.1) is 11.3 Å². The van der Waals surface area contributed by atoms with Crippen molar-refractivity contribution in [2.24, 2.45) is 0 Å². The van der Waals surface area contributed by atoms with E-state index in [0.717, 1.165) is 69.6 Å². The Morgan fingerprint density at radius 1 is 0.930 bits per heavy atom. The number of anilines is 2. The quantitative estimate of drug-likeness (QED) is 0.349. The summed E-state index contributed by atoms with van der Waals surface area (Å²) in [5, 5.41) is 3.25. The highest BCUT2D eigenvalue weighted by molar-refractivity contribution is 7.17. The van der Waals surface area contributed by atoms with Gasteiger partial charge in [0.15, 0.2) is 0 Å². The first-order valence-electron chi connectivity index (χ1n) is 15.0. The van der Waals surface area contributed by atoms with Gasteiger partial charge in [-0.05, 0) is 75.3 Å². The number of carbonyl (C=O) groups excluding carboxylic acids is 2. The molecule has 4 aromatic rings. The van der Waals surface area contributed by atoms with Gasteiger partial charge in [0, 0.05) is 35.1 Å². The fraction of sp³-hybridized carbons (Fsp3) is 0.324. The number of amides is 2. The third-order valence-electron chi connectivity index (χ3n) is 8.61. The molecule has 2 amide bonds. The standard InChI is InChI=1S/C34H35N5O3S/c1-37-16-14-25(15-17-37)35-33(40)30-21-23-13-18-39(28-10-4-3-8-26(28)32(23)43-30)34(41)27-9-6-12-31(36-27)38-19-20-42-29-11-5-2-7-24(29)22-38/h2-12,21,25H,13-20,22H2,1H3,(H,35,40). The number of piperidine rings is 1. The molecule has 2 aromatic carbocycles. The molecule has 0 saturated carbocycles. The van der Waals surface area contributed by atoms with E-state index in [1.165, 1.54) is 11.3 Å². The molecule has 0 unspecified atom stereocenters. The summed E-state index contributed by atoms with van der Waals surface area (Å²) in [5.41, 5.74) is 4.44. The Labute approximate surface area is 255 Å². The molecule has 5 heterocycles. The number of hydrogen-bond donors (Lipinski definition) is 1. The van der Waals surface area contributed by atoms with Crippen molar-refractivity contribution in [1.82, 2.24) is 15.2 Å². The molecule has 0 aliphatic carbocycles. The van der Waals surface area contributed by atoms with Gasteiger partial charge in [-0.25, -0.2) is 4.98 Å². The summed E-state index contributed by atoms with van der Waals surface area (Å²) >= 11 is 1.52. The average molecular weight is 594 g/mol. The average Bonchev–Trinajstić information content (AvgIpc) is 3.25. The van der Waals surface area contributed by atoms with Crippen molar-refractivity contribution in [3.05, 3.63) is 94.5 Å². The molecule has 1 fully saturated rings. The Morgan fingerprint density at radius 2 is 1.74 bits per heavy atom. The molecule has 8 nitrogen and oxygen atoms in total. The summed E-state index contributed by atoms with van der Waals surface area (Å²) in [7, 11) is 2.12. The van der Waals surface area contributed by atoms with Crippen LogP contribution in [0, 0.1) is 0 Å². The van der Waals surface area contributed by atoms with Crippen molar-refractivity contribution in [2.75, 3.05) is 49.6 Å². The largest absolute Gasteiger partial charge is 0.491 e. The normalized spacial score (nSPS) is 17.1. The molecular weight excluding hydrogens is 558 g/mol. The van der Waals surface area contributed by atoms with E-state index >= 15 is 0 Å². The number of hydrogen-bond acceptors (Lipinski definition) is 7. The minimum atomic E-state index is -0.129. The number of thiophene rings is 1. The van der Waals surface area contributed by atoms with Gasteiger partial charge in [0.2, 0.25) is 0 Å². The van der Waals surface area contributed by atoms with Gasteiger partial charge in [-0.3, -0.25) is 9.59 Å². The molecule has 7 rings (SSSR count). The number of rotatable bonds is 4. The zero-order valence-corrected chi connectivity index (χ0v) is 25.1. The van der Waals surface area contributed by atoms with Gasteiger partial charge >= 0.3 is 0 Å². The first-order chi connectivity index (χ1) is 21.0. The zero-order valence-electron chi connectivity index (χ0n) is 24.3. The number of carbonyl (C=O) groups is 2. The number of benzene rings is 2. The lowest BCUT2D eigenvalue weighted by Gasteiger charge is -2.29. The van der Waals surface area contributed by atoms with Crippen LogP contribution in [0.2, 0.25) is 0 Å². The molecular formula is C34H35N5O3S. The molecule has 43 heavy (non-hydrogen) atoms. The van der Waals surface area contributed by atoms with Crippen LogP contribution in [0.25, 0.3) is 10.4 Å². The van der Waals surface area contributed by atoms with Crippen LogP contribution in [0.15, 0.2) is 72.8 Å². The van der Waals surface area contributed by atoms with Crippen LogP contribution in [0.4, 0.5) is 11.5 Å². The van der Waals surface area contributed by atoms with Crippen molar-refractivity contribution in [2.45, 2.75) is 31.8 Å². The van der Waals surface area contributed by atoms with E-state index in [1.807, 2.05) is 65.6 Å². The van der Waals surface area contributed by atoms with E-state index in [2.05, 4.69) is 28.2 Å². The van der Waals surface area contributed by atoms with E-state index < -0.39 is 0 Å². The van der Waals surface area contributed by atoms with Crippen LogP contribution in [-0.2, 0) is 13.0 Å². The molecule has 0 atom stereocenters. The number of aromatic nitrogens is 1. The first kappa shape index (κ1) is 27.6. The van der Waals surface area contributed by atoms with Gasteiger partial charge in [-0.2, -0.15) is 0 Å². The molecule has 0 spiro atoms. The predicted octanol–water partition coefficient (Wildman–Crippen LogP) is 5.24. The van der Waals surface area contributed by atoms with E-state index in [9.17, 15) is 9.59 Å². The number of pyridine rings is 1. The van der Waals surface area contributed by atoms with Crippen LogP contribution in [0.1, 0.15) is 44.1 Å². The lowest BCUT2D eigenvalue weighted by molar-refractivity contribution is 0.0919. The summed E-state index contributed by atoms with van der Waals surface area (Å²) in [5.74, 6) is 1.53. The summed E-state index contributed by atoms with van der Waals surface area (Å²) in [4.78, 5) is 40.2. The van der Waals surface area contributed by atoms with Gasteiger partial charge < -0.3 is 24.8 Å². The van der Waals surface area contributed by atoms with Gasteiger partial charge in [0.05, 0.1) is 17.1 Å². The highest BCUT2D eigenvalue weighted by atomic mass is 32.1. The topological polar surface area (TPSA) is 78.0 Å². The van der Waals surface area contributed by atoms with E-state index in [0.29, 0.717) is 38.4 Å². The third kappa shape index (κ3) is 5.62. The van der Waals surface area contributed by atoms with Crippen molar-refractivity contribution in [3.63, 3.8) is 0 Å². The molecule has 1 N–H and O–H groups in total. The second kappa shape index (κ2) is 11.8. The smallest absolute Gasteiger partial charge is 0.276 e. The van der Waals surface area contributed by atoms with Gasteiger partial charge in [0.1, 0.15) is 23.9 Å². The number of nitrogens with one attached hydrogen (secondary N) is 1. The fourth-order valence-corrected chi connectivity index (χ4v) is 7.35. The van der Waals surface area contributed by atoms with E-state index in [1.54, 1.807) is 6.07 Å². The monoisotopic (exact) mass is 593 g/mol. The summed E-state index contributed by atoms with van der Waals surface area (Å²) in [6.07, 6.45) is 2.61. The van der Waals surface area contributed by atoms with E-state index in [4.69, 9.17) is 9.72 Å². The lowest BCUT2D eigenvalue weighted by Crippen LogP contribution is -2.43. The third-order valence-corrected chi connectivity index (χ3v) is 9.82. The van der Waals surface area contributed by atoms with Crippen molar-refractivity contribution in [1.29, 1.82) is 0 Å². The summed E-state index contributed by atoms with van der Waals surface area (Å²) < 4.78 is 5.94. The molecule has 3 aliphatic rings. The second-order valence-electron chi connectivity index (χ2n) is 11.5. The molecule has 3 aliphatic heterocycles. The van der Waals surface area contributed by atoms with Crippen molar-refractivity contribution in [3.8, 4) is 16.2 Å². The van der Waals surface area contributed by atoms with Crippen LogP contribution >= 0.6 is 11.3 Å². The van der Waals surface area contributed by atoms with E-state index in [-0.39, 0.29) is 17.9 Å². The second-order valence-corrected chi connectivity index (χ2v) is 12.6. The summed E-state index contributed by atoms with van der Waals surface area (Å²) in [6, 6.07) is 23.9. The maximum Gasteiger partial charge on any atom is 0.276 e. The van der Waals surface area contributed by atoms with Crippen LogP contribution < -0.4 is 19.9 Å². The minimum Gasteiger partial charge on any atom is -0.491 e. The Kier molecular flexibility index (Phi) is 7.59. The fourth-order valence-electron chi connectivity index (χ4n) is 6.21. The molecule has 0 radical (unpaired) electrons. The number of likely N-dealkylation sites (tertiary alicyclic amines) is 1. The Balaban J connectivity index is 1.13. The number of para-hydroxylation sites is 2. The predicted molar refractivity (Wildman–Crippen MR) is 170 cm³/mol. The molecule has 1 saturated heterocycles. The van der Waals surface area contributed by atoms with Crippen molar-refractivity contribution >= 4 is 34.7 Å². The van der Waals surface area contributed by atoms with Gasteiger partial charge in [-0.1, -0.05) is 42.5 Å². The zero-order chi connectivity index (χ0) is 29.3. The first-order valence-corrected chi connectivity index (χ1v) is 15.8. The molecule has 0 bridgehead atoms. The van der Waals surface area contributed by atoms with Gasteiger partial charge in [0.25, 0.3) is 11.8 Å². The number of ether oxygens (including phenoxy) is 1. The highest BCUT2D eigenvalue weighted by Gasteiger charge is 2.29. The number of fused-ring (bicyclic) bond motifs is 4.